The zero-order chi connectivity index (χ0) is 22.3. The van der Waals surface area contributed by atoms with Crippen LogP contribution in [0.5, 0.6) is 0 Å². The van der Waals surface area contributed by atoms with Crippen LogP contribution in [-0.4, -0.2) is 32.6 Å². The summed E-state index contributed by atoms with van der Waals surface area (Å²) in [5.74, 6) is 0.659. The van der Waals surface area contributed by atoms with Gasteiger partial charge >= 0.3 is 0 Å². The van der Waals surface area contributed by atoms with Gasteiger partial charge in [-0.2, -0.15) is 5.10 Å². The fourth-order valence-electron chi connectivity index (χ4n) is 2.95. The molecule has 8 heteroatoms. The van der Waals surface area contributed by atoms with Crippen LogP contribution in [0.25, 0.3) is 17.1 Å². The molecule has 4 aromatic rings. The summed E-state index contributed by atoms with van der Waals surface area (Å²) in [6, 6.07) is 25.6. The van der Waals surface area contributed by atoms with E-state index >= 15 is 0 Å². The molecule has 0 spiro atoms. The Morgan fingerprint density at radius 2 is 1.75 bits per heavy atom. The molecule has 0 radical (unpaired) electrons. The number of para-hydroxylation sites is 1. The molecular weight excluding hydrogens is 486 g/mol. The molecule has 1 amide bonds. The number of carbonyl (C=O) groups is 1. The minimum absolute atomic E-state index is 0.163. The third-order valence-electron chi connectivity index (χ3n) is 4.56. The molecule has 6 nitrogen and oxygen atoms in total. The minimum atomic E-state index is -0.217. The van der Waals surface area contributed by atoms with Gasteiger partial charge < -0.3 is 0 Å². The van der Waals surface area contributed by atoms with Crippen LogP contribution in [0.3, 0.4) is 0 Å². The summed E-state index contributed by atoms with van der Waals surface area (Å²) in [7, 11) is 0. The highest BCUT2D eigenvalue weighted by Crippen LogP contribution is 2.28. The number of aryl methyl sites for hydroxylation is 1. The highest BCUT2D eigenvalue weighted by atomic mass is 79.9. The summed E-state index contributed by atoms with van der Waals surface area (Å²) in [5.41, 5.74) is 6.52. The average Bonchev–Trinajstić information content (AvgIpc) is 3.24. The van der Waals surface area contributed by atoms with E-state index in [4.69, 9.17) is 0 Å². The number of rotatable bonds is 7. The highest BCUT2D eigenvalue weighted by molar-refractivity contribution is 9.10. The van der Waals surface area contributed by atoms with Crippen LogP contribution in [0.4, 0.5) is 0 Å². The van der Waals surface area contributed by atoms with Crippen LogP contribution in [0.15, 0.2) is 93.6 Å². The van der Waals surface area contributed by atoms with Crippen molar-refractivity contribution in [3.8, 4) is 17.1 Å². The number of nitrogens with one attached hydrogen (secondary N) is 1. The molecule has 0 unspecified atom stereocenters. The van der Waals surface area contributed by atoms with E-state index in [-0.39, 0.29) is 11.7 Å². The Hall–Kier alpha value is -3.23. The van der Waals surface area contributed by atoms with Crippen molar-refractivity contribution in [2.75, 3.05) is 5.75 Å². The van der Waals surface area contributed by atoms with Gasteiger partial charge in [-0.1, -0.05) is 87.9 Å². The summed E-state index contributed by atoms with van der Waals surface area (Å²) in [6.07, 6.45) is 1.63. The summed E-state index contributed by atoms with van der Waals surface area (Å²) < 4.78 is 2.95. The number of carbonyl (C=O) groups excluding carboxylic acids is 1. The minimum Gasteiger partial charge on any atom is -0.272 e. The number of thioether (sulfide) groups is 1. The van der Waals surface area contributed by atoms with Crippen molar-refractivity contribution in [1.82, 2.24) is 20.2 Å². The number of amides is 1. The molecule has 0 aliphatic carbocycles. The van der Waals surface area contributed by atoms with E-state index in [0.717, 1.165) is 21.3 Å². The lowest BCUT2D eigenvalue weighted by molar-refractivity contribution is -0.118. The van der Waals surface area contributed by atoms with Crippen LogP contribution >= 0.6 is 27.7 Å². The van der Waals surface area contributed by atoms with Crippen LogP contribution in [-0.2, 0) is 4.79 Å². The Balaban J connectivity index is 1.49. The van der Waals surface area contributed by atoms with Crippen molar-refractivity contribution in [2.45, 2.75) is 12.1 Å². The molecule has 0 saturated carbocycles. The maximum atomic E-state index is 12.3. The average molecular weight is 506 g/mol. The van der Waals surface area contributed by atoms with Gasteiger partial charge in [0.05, 0.1) is 12.0 Å². The summed E-state index contributed by atoms with van der Waals surface area (Å²) in [4.78, 5) is 12.3. The molecule has 0 aliphatic rings. The molecule has 160 valence electrons. The zero-order valence-corrected chi connectivity index (χ0v) is 19.7. The number of nitrogens with zero attached hydrogens (tertiary/aromatic N) is 4. The lowest BCUT2D eigenvalue weighted by Gasteiger charge is -2.10. The predicted molar refractivity (Wildman–Crippen MR) is 132 cm³/mol. The van der Waals surface area contributed by atoms with Gasteiger partial charge in [0.1, 0.15) is 0 Å². The molecule has 0 bridgehead atoms. The van der Waals surface area contributed by atoms with Crippen LogP contribution in [0, 0.1) is 6.92 Å². The molecule has 3 aromatic carbocycles. The van der Waals surface area contributed by atoms with Crippen molar-refractivity contribution in [3.05, 3.63) is 94.5 Å². The number of halogens is 1. The first-order valence-electron chi connectivity index (χ1n) is 9.88. The predicted octanol–water partition coefficient (Wildman–Crippen LogP) is 5.25. The third kappa shape index (κ3) is 5.52. The molecule has 0 aliphatic heterocycles. The lowest BCUT2D eigenvalue weighted by Crippen LogP contribution is -2.20. The Morgan fingerprint density at radius 3 is 2.47 bits per heavy atom. The lowest BCUT2D eigenvalue weighted by atomic mass is 10.2. The maximum Gasteiger partial charge on any atom is 0.250 e. The maximum absolute atomic E-state index is 12.3. The largest absolute Gasteiger partial charge is 0.272 e. The first kappa shape index (κ1) is 22.0. The van der Waals surface area contributed by atoms with E-state index in [1.165, 1.54) is 17.3 Å². The SMILES string of the molecule is Cc1ccc(C=NNC(=O)CSc2nnc(-c3ccc(Br)cc3)n2-c2ccccc2)cc1. The second-order valence-electron chi connectivity index (χ2n) is 6.98. The quantitative estimate of drug-likeness (QED) is 0.211. The summed E-state index contributed by atoms with van der Waals surface area (Å²) >= 11 is 4.77. The standard InChI is InChI=1S/C24H20BrN5OS/c1-17-7-9-18(10-8-17)15-26-27-22(31)16-32-24-29-28-23(19-11-13-20(25)14-12-19)30(24)21-5-3-2-4-6-21/h2-15H,16H2,1H3,(H,27,31). The fourth-order valence-corrected chi connectivity index (χ4v) is 3.96. The number of aromatic nitrogens is 3. The van der Waals surface area contributed by atoms with E-state index in [9.17, 15) is 4.79 Å². The van der Waals surface area contributed by atoms with E-state index in [1.807, 2.05) is 90.4 Å². The van der Waals surface area contributed by atoms with Gasteiger partial charge in [-0.15, -0.1) is 10.2 Å². The van der Waals surface area contributed by atoms with E-state index < -0.39 is 0 Å². The van der Waals surface area contributed by atoms with Crippen molar-refractivity contribution >= 4 is 39.8 Å². The van der Waals surface area contributed by atoms with Crippen LogP contribution in [0.2, 0.25) is 0 Å². The topological polar surface area (TPSA) is 72.2 Å². The number of hydrazone groups is 1. The summed E-state index contributed by atoms with van der Waals surface area (Å²) in [6.45, 7) is 2.02. The first-order valence-corrected chi connectivity index (χ1v) is 11.7. The number of benzene rings is 3. The smallest absolute Gasteiger partial charge is 0.250 e. The molecule has 0 fully saturated rings. The van der Waals surface area contributed by atoms with Gasteiger partial charge in [0.25, 0.3) is 5.91 Å². The molecule has 0 saturated heterocycles. The van der Waals surface area contributed by atoms with Crippen LogP contribution < -0.4 is 5.43 Å². The molecule has 4 rings (SSSR count). The van der Waals surface area contributed by atoms with Gasteiger partial charge in [0, 0.05) is 15.7 Å². The number of hydrogen-bond donors (Lipinski definition) is 1. The van der Waals surface area contributed by atoms with Gasteiger partial charge in [0.2, 0.25) is 0 Å². The normalized spacial score (nSPS) is 11.1. The first-order chi connectivity index (χ1) is 15.6. The zero-order valence-electron chi connectivity index (χ0n) is 17.3. The van der Waals surface area contributed by atoms with Gasteiger partial charge in [-0.05, 0) is 36.8 Å². The molecule has 1 N–H and O–H groups in total. The monoisotopic (exact) mass is 505 g/mol. The highest BCUT2D eigenvalue weighted by Gasteiger charge is 2.17. The second-order valence-corrected chi connectivity index (χ2v) is 8.83. The van der Waals surface area contributed by atoms with Gasteiger partial charge in [-0.25, -0.2) is 5.43 Å². The number of hydrogen-bond acceptors (Lipinski definition) is 5. The molecule has 1 heterocycles. The van der Waals surface area contributed by atoms with Crippen LogP contribution in [0.1, 0.15) is 11.1 Å². The third-order valence-corrected chi connectivity index (χ3v) is 6.02. The Bertz CT molecular complexity index is 1220. The van der Waals surface area contributed by atoms with Gasteiger partial charge in [0.15, 0.2) is 11.0 Å². The Labute approximate surface area is 198 Å². The van der Waals surface area contributed by atoms with E-state index in [1.54, 1.807) is 6.21 Å². The Morgan fingerprint density at radius 1 is 1.03 bits per heavy atom. The molecule has 0 atom stereocenters. The van der Waals surface area contributed by atoms with E-state index in [0.29, 0.717) is 11.0 Å². The second kappa shape index (κ2) is 10.4. The van der Waals surface area contributed by atoms with Crippen molar-refractivity contribution in [3.63, 3.8) is 0 Å². The molecular formula is C24H20BrN5OS. The fraction of sp³-hybridized carbons (Fsp3) is 0.0833. The Kier molecular flexibility index (Phi) is 7.14. The van der Waals surface area contributed by atoms with Crippen molar-refractivity contribution in [1.29, 1.82) is 0 Å². The summed E-state index contributed by atoms with van der Waals surface area (Å²) in [5, 5.41) is 13.4. The van der Waals surface area contributed by atoms with Gasteiger partial charge in [-0.3, -0.25) is 9.36 Å². The van der Waals surface area contributed by atoms with Crippen molar-refractivity contribution in [2.24, 2.45) is 5.10 Å². The molecule has 32 heavy (non-hydrogen) atoms. The van der Waals surface area contributed by atoms with Crippen molar-refractivity contribution < 1.29 is 4.79 Å². The molecule has 1 aromatic heterocycles. The van der Waals surface area contributed by atoms with E-state index in [2.05, 4.69) is 36.7 Å².